The monoisotopic (exact) mass is 257 g/mol. The van der Waals surface area contributed by atoms with E-state index < -0.39 is 17.9 Å². The van der Waals surface area contributed by atoms with Crippen LogP contribution in [0.3, 0.4) is 0 Å². The van der Waals surface area contributed by atoms with Crippen molar-refractivity contribution >= 4 is 17.9 Å². The van der Waals surface area contributed by atoms with Gasteiger partial charge in [-0.25, -0.2) is 4.79 Å². The summed E-state index contributed by atoms with van der Waals surface area (Å²) in [6, 6.07) is -0.264. The number of urea groups is 1. The Bertz CT molecular complexity index is 328. The molecule has 4 N–H and O–H groups in total. The number of rotatable bonds is 7. The fourth-order valence-corrected chi connectivity index (χ4v) is 1.35. The summed E-state index contributed by atoms with van der Waals surface area (Å²) in [5.41, 5.74) is 0. The number of aliphatic carboxylic acids is 1. The third kappa shape index (κ3) is 5.51. The molecule has 0 spiro atoms. The summed E-state index contributed by atoms with van der Waals surface area (Å²) in [7, 11) is 0. The van der Waals surface area contributed by atoms with E-state index in [1.807, 2.05) is 0 Å². The first-order chi connectivity index (χ1) is 8.52. The zero-order valence-corrected chi connectivity index (χ0v) is 10.4. The quantitative estimate of drug-likeness (QED) is 0.501. The fraction of sp³-hybridized carbons (Fsp3) is 0.727. The first-order valence-corrected chi connectivity index (χ1v) is 6.06. The predicted molar refractivity (Wildman–Crippen MR) is 64.0 cm³/mol. The number of carboxylic acid groups (broad SMARTS) is 1. The van der Waals surface area contributed by atoms with Crippen LogP contribution in [-0.2, 0) is 9.59 Å². The highest BCUT2D eigenvalue weighted by molar-refractivity contribution is 5.84. The van der Waals surface area contributed by atoms with E-state index in [0.717, 1.165) is 12.8 Å². The number of carbonyl (C=O) groups excluding carboxylic acids is 2. The fourth-order valence-electron chi connectivity index (χ4n) is 1.35. The van der Waals surface area contributed by atoms with E-state index in [2.05, 4.69) is 16.0 Å². The van der Waals surface area contributed by atoms with Crippen molar-refractivity contribution in [3.05, 3.63) is 0 Å². The van der Waals surface area contributed by atoms with Crippen LogP contribution >= 0.6 is 0 Å². The molecule has 0 saturated heterocycles. The summed E-state index contributed by atoms with van der Waals surface area (Å²) in [5, 5.41) is 16.3. The van der Waals surface area contributed by atoms with Crippen LogP contribution in [0.2, 0.25) is 0 Å². The van der Waals surface area contributed by atoms with E-state index >= 15 is 0 Å². The molecule has 0 aromatic carbocycles. The van der Waals surface area contributed by atoms with Crippen LogP contribution in [0.1, 0.15) is 26.2 Å². The second-order valence-corrected chi connectivity index (χ2v) is 4.35. The molecule has 0 aliphatic heterocycles. The van der Waals surface area contributed by atoms with Gasteiger partial charge in [0.05, 0.1) is 12.5 Å². The Kier molecular flexibility index (Phi) is 5.41. The molecule has 7 heteroatoms. The predicted octanol–water partition coefficient (Wildman–Crippen LogP) is -0.325. The summed E-state index contributed by atoms with van der Waals surface area (Å²) in [6.07, 6.45) is 2.43. The summed E-state index contributed by atoms with van der Waals surface area (Å²) in [4.78, 5) is 33.3. The molecule has 3 amide bonds. The van der Waals surface area contributed by atoms with Gasteiger partial charge in [0.25, 0.3) is 0 Å². The molecular formula is C11H19N3O4. The van der Waals surface area contributed by atoms with Crippen molar-refractivity contribution in [1.82, 2.24) is 16.0 Å². The Morgan fingerprint density at radius 3 is 2.44 bits per heavy atom. The third-order valence-corrected chi connectivity index (χ3v) is 2.70. The van der Waals surface area contributed by atoms with Gasteiger partial charge in [0.1, 0.15) is 0 Å². The molecule has 1 unspecified atom stereocenters. The van der Waals surface area contributed by atoms with Gasteiger partial charge in [-0.05, 0) is 19.3 Å². The van der Waals surface area contributed by atoms with Gasteiger partial charge in [-0.1, -0.05) is 6.92 Å². The van der Waals surface area contributed by atoms with E-state index in [9.17, 15) is 14.4 Å². The normalized spacial score (nSPS) is 15.6. The molecule has 1 fully saturated rings. The van der Waals surface area contributed by atoms with Gasteiger partial charge in [-0.2, -0.15) is 0 Å². The second kappa shape index (κ2) is 6.83. The van der Waals surface area contributed by atoms with Gasteiger partial charge in [0, 0.05) is 12.6 Å². The van der Waals surface area contributed by atoms with Crippen LogP contribution in [0.4, 0.5) is 4.79 Å². The van der Waals surface area contributed by atoms with Crippen molar-refractivity contribution in [1.29, 1.82) is 0 Å². The zero-order valence-electron chi connectivity index (χ0n) is 10.4. The van der Waals surface area contributed by atoms with Crippen molar-refractivity contribution in [2.75, 3.05) is 13.1 Å². The maximum absolute atomic E-state index is 11.3. The maximum Gasteiger partial charge on any atom is 0.315 e. The number of carbonyl (C=O) groups is 3. The highest BCUT2D eigenvalue weighted by Gasteiger charge is 2.23. The van der Waals surface area contributed by atoms with Crippen molar-refractivity contribution in [2.24, 2.45) is 5.92 Å². The average molecular weight is 257 g/mol. The highest BCUT2D eigenvalue weighted by Crippen LogP contribution is 2.18. The number of amides is 3. The second-order valence-electron chi connectivity index (χ2n) is 4.35. The third-order valence-electron chi connectivity index (χ3n) is 2.70. The smallest absolute Gasteiger partial charge is 0.315 e. The lowest BCUT2D eigenvalue weighted by Gasteiger charge is -2.11. The molecule has 0 bridgehead atoms. The topological polar surface area (TPSA) is 108 Å². The van der Waals surface area contributed by atoms with Gasteiger partial charge in [0.2, 0.25) is 5.91 Å². The number of carboxylic acids is 1. The lowest BCUT2D eigenvalue weighted by molar-refractivity contribution is -0.141. The van der Waals surface area contributed by atoms with E-state index in [0.29, 0.717) is 6.42 Å². The number of hydrogen-bond acceptors (Lipinski definition) is 3. The van der Waals surface area contributed by atoms with Crippen molar-refractivity contribution in [3.63, 3.8) is 0 Å². The van der Waals surface area contributed by atoms with Crippen LogP contribution in [0, 0.1) is 5.92 Å². The molecule has 0 radical (unpaired) electrons. The van der Waals surface area contributed by atoms with E-state index in [-0.39, 0.29) is 25.0 Å². The van der Waals surface area contributed by atoms with E-state index in [4.69, 9.17) is 5.11 Å². The lowest BCUT2D eigenvalue weighted by Crippen LogP contribution is -2.44. The van der Waals surface area contributed by atoms with Crippen LogP contribution in [0.5, 0.6) is 0 Å². The molecule has 0 aromatic rings. The SMILES string of the molecule is CCC(CNC(=O)NCC(=O)NC1CC1)C(=O)O. The van der Waals surface area contributed by atoms with Gasteiger partial charge in [-0.3, -0.25) is 9.59 Å². The first-order valence-electron chi connectivity index (χ1n) is 6.06. The Hall–Kier alpha value is -1.79. The summed E-state index contributed by atoms with van der Waals surface area (Å²) in [6.45, 7) is 1.70. The van der Waals surface area contributed by atoms with Gasteiger partial charge < -0.3 is 21.1 Å². The molecule has 1 saturated carbocycles. The molecule has 0 aromatic heterocycles. The number of hydrogen-bond donors (Lipinski definition) is 4. The molecule has 1 atom stereocenters. The van der Waals surface area contributed by atoms with E-state index in [1.165, 1.54) is 0 Å². The lowest BCUT2D eigenvalue weighted by atomic mass is 10.1. The van der Waals surface area contributed by atoms with Crippen molar-refractivity contribution in [3.8, 4) is 0 Å². The van der Waals surface area contributed by atoms with Gasteiger partial charge >= 0.3 is 12.0 Å². The molecule has 102 valence electrons. The average Bonchev–Trinajstić information content (AvgIpc) is 3.10. The Labute approximate surface area is 105 Å². The van der Waals surface area contributed by atoms with Gasteiger partial charge in [-0.15, -0.1) is 0 Å². The molecule has 18 heavy (non-hydrogen) atoms. The summed E-state index contributed by atoms with van der Waals surface area (Å²) >= 11 is 0. The zero-order chi connectivity index (χ0) is 13.5. The Balaban J connectivity index is 2.12. The minimum absolute atomic E-state index is 0.0575. The molecule has 1 aliphatic rings. The minimum Gasteiger partial charge on any atom is -0.481 e. The Morgan fingerprint density at radius 1 is 1.28 bits per heavy atom. The highest BCUT2D eigenvalue weighted by atomic mass is 16.4. The maximum atomic E-state index is 11.3. The Morgan fingerprint density at radius 2 is 1.94 bits per heavy atom. The van der Waals surface area contributed by atoms with Gasteiger partial charge in [0.15, 0.2) is 0 Å². The molecular weight excluding hydrogens is 238 g/mol. The first kappa shape index (κ1) is 14.3. The van der Waals surface area contributed by atoms with Crippen LogP contribution in [-0.4, -0.2) is 42.1 Å². The molecule has 0 heterocycles. The van der Waals surface area contributed by atoms with Crippen LogP contribution in [0.15, 0.2) is 0 Å². The largest absolute Gasteiger partial charge is 0.481 e. The number of nitrogens with one attached hydrogen (secondary N) is 3. The molecule has 1 rings (SSSR count). The molecule has 1 aliphatic carbocycles. The van der Waals surface area contributed by atoms with Crippen molar-refractivity contribution in [2.45, 2.75) is 32.2 Å². The van der Waals surface area contributed by atoms with E-state index in [1.54, 1.807) is 6.92 Å². The minimum atomic E-state index is -0.940. The summed E-state index contributed by atoms with van der Waals surface area (Å²) < 4.78 is 0. The summed E-state index contributed by atoms with van der Waals surface area (Å²) in [5.74, 6) is -1.77. The van der Waals surface area contributed by atoms with Crippen LogP contribution < -0.4 is 16.0 Å². The van der Waals surface area contributed by atoms with Crippen molar-refractivity contribution < 1.29 is 19.5 Å². The molecule has 7 nitrogen and oxygen atoms in total. The standard InChI is InChI=1S/C11H19N3O4/c1-2-7(10(16)17)5-12-11(18)13-6-9(15)14-8-3-4-8/h7-8H,2-6H2,1H3,(H,14,15)(H,16,17)(H2,12,13,18). The van der Waals surface area contributed by atoms with Crippen LogP contribution in [0.25, 0.3) is 0 Å².